The molecular weight excluding hydrogens is 278 g/mol. The fourth-order valence-electron chi connectivity index (χ4n) is 3.74. The van der Waals surface area contributed by atoms with Crippen LogP contribution in [0.1, 0.15) is 79.5 Å². The van der Waals surface area contributed by atoms with Gasteiger partial charge in [0.1, 0.15) is 0 Å². The molecule has 0 N–H and O–H groups in total. The van der Waals surface area contributed by atoms with E-state index in [4.69, 9.17) is 5.26 Å². The first-order valence-corrected chi connectivity index (χ1v) is 8.77. The predicted octanol–water partition coefficient (Wildman–Crippen LogP) is 6.12. The molecule has 0 aromatic heterocycles. The second kappa shape index (κ2) is 7.01. The molecule has 0 spiro atoms. The third-order valence-electron chi connectivity index (χ3n) is 5.31. The predicted molar refractivity (Wildman–Crippen MR) is 95.6 cm³/mol. The maximum atomic E-state index is 8.90. The maximum Gasteiger partial charge on any atom is 0.0991 e. The molecule has 2 aromatic carbocycles. The van der Waals surface area contributed by atoms with E-state index in [9.17, 15) is 0 Å². The van der Waals surface area contributed by atoms with Gasteiger partial charge in [0, 0.05) is 0 Å². The molecule has 0 bridgehead atoms. The number of nitriles is 1. The van der Waals surface area contributed by atoms with E-state index in [1.54, 1.807) is 0 Å². The zero-order valence-corrected chi connectivity index (χ0v) is 14.1. The van der Waals surface area contributed by atoms with Gasteiger partial charge in [-0.25, -0.2) is 0 Å². The van der Waals surface area contributed by atoms with Crippen LogP contribution in [0.25, 0.3) is 0 Å². The van der Waals surface area contributed by atoms with Crippen molar-refractivity contribution >= 4 is 0 Å². The minimum Gasteiger partial charge on any atom is -0.192 e. The van der Waals surface area contributed by atoms with Crippen LogP contribution in [0.4, 0.5) is 0 Å². The Bertz CT molecular complexity index is 665. The molecule has 0 amide bonds. The summed E-state index contributed by atoms with van der Waals surface area (Å²) in [6.45, 7) is 4.50. The van der Waals surface area contributed by atoms with Crippen LogP contribution in [0.3, 0.4) is 0 Å². The van der Waals surface area contributed by atoms with Crippen LogP contribution in [-0.2, 0) is 0 Å². The van der Waals surface area contributed by atoms with E-state index in [-0.39, 0.29) is 0 Å². The average Bonchev–Trinajstić information content (AvgIpc) is 2.62. The molecule has 0 unspecified atom stereocenters. The lowest BCUT2D eigenvalue weighted by Gasteiger charge is -2.29. The fraction of sp³-hybridized carbons (Fsp3) is 0.409. The van der Waals surface area contributed by atoms with Crippen molar-refractivity contribution in [3.63, 3.8) is 0 Å². The lowest BCUT2D eigenvalue weighted by molar-refractivity contribution is 0.396. The van der Waals surface area contributed by atoms with Gasteiger partial charge in [0.05, 0.1) is 11.6 Å². The van der Waals surface area contributed by atoms with Crippen LogP contribution in [0.15, 0.2) is 48.5 Å². The molecule has 0 saturated heterocycles. The lowest BCUT2D eigenvalue weighted by Crippen LogP contribution is -2.12. The summed E-state index contributed by atoms with van der Waals surface area (Å²) in [4.78, 5) is 0. The molecule has 1 nitrogen and oxygen atoms in total. The van der Waals surface area contributed by atoms with Crippen molar-refractivity contribution in [2.45, 2.75) is 57.3 Å². The molecule has 1 saturated carbocycles. The topological polar surface area (TPSA) is 23.8 Å². The Morgan fingerprint density at radius 3 is 1.61 bits per heavy atom. The second-order valence-electron chi connectivity index (χ2n) is 7.10. The van der Waals surface area contributed by atoms with E-state index in [1.807, 2.05) is 12.1 Å². The molecule has 0 heterocycles. The van der Waals surface area contributed by atoms with E-state index in [0.717, 1.165) is 5.56 Å². The number of nitrogens with zero attached hydrogens (tertiary/aromatic N) is 1. The van der Waals surface area contributed by atoms with Crippen LogP contribution >= 0.6 is 0 Å². The van der Waals surface area contributed by atoms with E-state index in [1.165, 1.54) is 42.4 Å². The van der Waals surface area contributed by atoms with Gasteiger partial charge in [0.15, 0.2) is 0 Å². The quantitative estimate of drug-likeness (QED) is 0.669. The van der Waals surface area contributed by atoms with Crippen molar-refractivity contribution in [1.29, 1.82) is 5.26 Å². The Labute approximate surface area is 140 Å². The fourth-order valence-corrected chi connectivity index (χ4v) is 3.74. The Balaban J connectivity index is 1.62. The third-order valence-corrected chi connectivity index (χ3v) is 5.31. The monoisotopic (exact) mass is 303 g/mol. The van der Waals surface area contributed by atoms with E-state index < -0.39 is 0 Å². The van der Waals surface area contributed by atoms with Crippen LogP contribution in [0, 0.1) is 11.3 Å². The van der Waals surface area contributed by atoms with Crippen molar-refractivity contribution < 1.29 is 0 Å². The molecule has 0 aliphatic heterocycles. The van der Waals surface area contributed by atoms with Gasteiger partial charge >= 0.3 is 0 Å². The molecule has 1 fully saturated rings. The van der Waals surface area contributed by atoms with Crippen LogP contribution in [-0.4, -0.2) is 0 Å². The molecule has 3 rings (SSSR count). The summed E-state index contributed by atoms with van der Waals surface area (Å²) < 4.78 is 0. The molecule has 1 aliphatic rings. The van der Waals surface area contributed by atoms with Crippen molar-refractivity contribution in [1.82, 2.24) is 0 Å². The highest BCUT2D eigenvalue weighted by Gasteiger charge is 2.23. The Kier molecular flexibility index (Phi) is 4.82. The van der Waals surface area contributed by atoms with Gasteiger partial charge in [0.25, 0.3) is 0 Å². The minimum atomic E-state index is 0.608. The van der Waals surface area contributed by atoms with Gasteiger partial charge in [-0.15, -0.1) is 0 Å². The zero-order valence-electron chi connectivity index (χ0n) is 14.1. The molecule has 118 valence electrons. The smallest absolute Gasteiger partial charge is 0.0991 e. The first kappa shape index (κ1) is 15.8. The van der Waals surface area contributed by atoms with E-state index in [0.29, 0.717) is 17.8 Å². The van der Waals surface area contributed by atoms with Crippen molar-refractivity contribution in [3.8, 4) is 6.07 Å². The molecule has 0 atom stereocenters. The van der Waals surface area contributed by atoms with Gasteiger partial charge in [-0.2, -0.15) is 5.26 Å². The highest BCUT2D eigenvalue weighted by Crippen LogP contribution is 2.40. The van der Waals surface area contributed by atoms with E-state index >= 15 is 0 Å². The molecular formula is C22H25N. The third kappa shape index (κ3) is 3.64. The average molecular weight is 303 g/mol. The Morgan fingerprint density at radius 2 is 1.22 bits per heavy atom. The standard InChI is InChI=1S/C22H25N/c1-16(2)18-7-9-20(10-8-18)22-13-11-21(12-14-22)19-5-3-17(15-23)4-6-19/h3-10,16,21-22H,11-14H2,1-2H3. The molecule has 1 aliphatic carbocycles. The van der Waals surface area contributed by atoms with Crippen LogP contribution < -0.4 is 0 Å². The zero-order chi connectivity index (χ0) is 16.2. The Hall–Kier alpha value is -2.07. The highest BCUT2D eigenvalue weighted by molar-refractivity contribution is 5.34. The molecule has 23 heavy (non-hydrogen) atoms. The minimum absolute atomic E-state index is 0.608. The summed E-state index contributed by atoms with van der Waals surface area (Å²) in [6.07, 6.45) is 5.04. The number of hydrogen-bond donors (Lipinski definition) is 0. The maximum absolute atomic E-state index is 8.90. The lowest BCUT2D eigenvalue weighted by atomic mass is 9.76. The molecule has 2 aromatic rings. The Morgan fingerprint density at radius 1 is 0.783 bits per heavy atom. The molecule has 1 heteroatoms. The summed E-state index contributed by atoms with van der Waals surface area (Å²) in [5.74, 6) is 1.98. The van der Waals surface area contributed by atoms with E-state index in [2.05, 4.69) is 56.3 Å². The summed E-state index contributed by atoms with van der Waals surface area (Å²) in [5, 5.41) is 8.90. The summed E-state index contributed by atoms with van der Waals surface area (Å²) in [7, 11) is 0. The van der Waals surface area contributed by atoms with Gasteiger partial charge in [0.2, 0.25) is 0 Å². The number of benzene rings is 2. The van der Waals surface area contributed by atoms with Crippen molar-refractivity contribution in [2.75, 3.05) is 0 Å². The summed E-state index contributed by atoms with van der Waals surface area (Å²) >= 11 is 0. The number of hydrogen-bond acceptors (Lipinski definition) is 1. The van der Waals surface area contributed by atoms with Crippen molar-refractivity contribution in [2.24, 2.45) is 0 Å². The van der Waals surface area contributed by atoms with Crippen LogP contribution in [0.2, 0.25) is 0 Å². The summed E-state index contributed by atoms with van der Waals surface area (Å²) in [5.41, 5.74) is 5.10. The normalized spacial score (nSPS) is 21.1. The first-order chi connectivity index (χ1) is 11.2. The summed E-state index contributed by atoms with van der Waals surface area (Å²) in [6, 6.07) is 19.6. The van der Waals surface area contributed by atoms with Crippen LogP contribution in [0.5, 0.6) is 0 Å². The highest BCUT2D eigenvalue weighted by atomic mass is 14.3. The van der Waals surface area contributed by atoms with Gasteiger partial charge in [-0.3, -0.25) is 0 Å². The molecule has 0 radical (unpaired) electrons. The number of rotatable bonds is 3. The second-order valence-corrected chi connectivity index (χ2v) is 7.10. The van der Waals surface area contributed by atoms with Gasteiger partial charge in [-0.05, 0) is 72.3 Å². The van der Waals surface area contributed by atoms with Gasteiger partial charge in [-0.1, -0.05) is 50.2 Å². The SMILES string of the molecule is CC(C)c1ccc(C2CCC(c3ccc(C#N)cc3)CC2)cc1. The first-order valence-electron chi connectivity index (χ1n) is 8.77. The van der Waals surface area contributed by atoms with Gasteiger partial charge < -0.3 is 0 Å². The largest absolute Gasteiger partial charge is 0.192 e. The van der Waals surface area contributed by atoms with Crippen molar-refractivity contribution in [3.05, 3.63) is 70.8 Å².